The van der Waals surface area contributed by atoms with Crippen LogP contribution in [-0.2, 0) is 10.0 Å². The number of nitrogens with one attached hydrogen (secondary N) is 2. The molecular weight excluding hydrogens is 266 g/mol. The predicted molar refractivity (Wildman–Crippen MR) is 67.5 cm³/mol. The molecule has 1 aromatic heterocycles. The number of nitrogens with zero attached hydrogens (tertiary/aromatic N) is 2. The first kappa shape index (κ1) is 13.9. The molecule has 9 heteroatoms. The van der Waals surface area contributed by atoms with E-state index >= 15 is 0 Å². The van der Waals surface area contributed by atoms with Gasteiger partial charge < -0.3 is 11.1 Å². The summed E-state index contributed by atoms with van der Waals surface area (Å²) in [5.41, 5.74) is 6.70. The van der Waals surface area contributed by atoms with Crippen LogP contribution in [0.5, 0.6) is 0 Å². The van der Waals surface area contributed by atoms with Gasteiger partial charge in [-0.2, -0.15) is 4.98 Å². The molecule has 0 aromatic carbocycles. The molecule has 7 nitrogen and oxygen atoms in total. The van der Waals surface area contributed by atoms with Crippen molar-refractivity contribution < 1.29 is 8.42 Å². The molecule has 0 radical (unpaired) electrons. The summed E-state index contributed by atoms with van der Waals surface area (Å²) in [5, 5.41) is 2.97. The summed E-state index contributed by atoms with van der Waals surface area (Å²) in [6, 6.07) is 0. The van der Waals surface area contributed by atoms with Gasteiger partial charge >= 0.3 is 0 Å². The Labute approximate surface area is 105 Å². The Kier molecular flexibility index (Phi) is 4.49. The Morgan fingerprint density at radius 1 is 1.35 bits per heavy atom. The first-order valence-corrected chi connectivity index (χ1v) is 7.04. The standard InChI is InChI=1S/C8H14ClN5O2S/c1-5-6(10)7(14-8(9)13-5)11-3-4-12-17(2,15)16/h12H,3-4,10H2,1-2H3,(H,11,13,14). The number of halogens is 1. The molecule has 4 N–H and O–H groups in total. The fraction of sp³-hybridized carbons (Fsp3) is 0.500. The van der Waals surface area contributed by atoms with Crippen LogP contribution in [0.25, 0.3) is 0 Å². The van der Waals surface area contributed by atoms with Gasteiger partial charge in [0.1, 0.15) is 0 Å². The molecule has 0 unspecified atom stereocenters. The lowest BCUT2D eigenvalue weighted by atomic mass is 10.3. The average Bonchev–Trinajstić information content (AvgIpc) is 2.18. The zero-order valence-corrected chi connectivity index (χ0v) is 11.1. The number of nitrogen functional groups attached to an aromatic ring is 1. The number of aromatic nitrogens is 2. The third-order valence-electron chi connectivity index (χ3n) is 1.89. The lowest BCUT2D eigenvalue weighted by Gasteiger charge is -2.10. The van der Waals surface area contributed by atoms with Gasteiger partial charge in [-0.25, -0.2) is 18.1 Å². The van der Waals surface area contributed by atoms with Crippen LogP contribution < -0.4 is 15.8 Å². The molecule has 0 saturated carbocycles. The van der Waals surface area contributed by atoms with Crippen molar-refractivity contribution in [3.63, 3.8) is 0 Å². The number of hydrogen-bond donors (Lipinski definition) is 3. The first-order valence-electron chi connectivity index (χ1n) is 4.77. The second-order valence-electron chi connectivity index (χ2n) is 3.43. The molecule has 0 bridgehead atoms. The maximum absolute atomic E-state index is 10.8. The molecule has 0 aliphatic carbocycles. The molecule has 96 valence electrons. The second kappa shape index (κ2) is 5.48. The Bertz CT molecular complexity index is 505. The maximum atomic E-state index is 10.8. The highest BCUT2D eigenvalue weighted by Crippen LogP contribution is 2.19. The topological polar surface area (TPSA) is 110 Å². The largest absolute Gasteiger partial charge is 0.394 e. The lowest BCUT2D eigenvalue weighted by molar-refractivity contribution is 0.589. The number of anilines is 2. The first-order chi connectivity index (χ1) is 7.79. The number of nitrogens with two attached hydrogens (primary N) is 1. The highest BCUT2D eigenvalue weighted by molar-refractivity contribution is 7.88. The van der Waals surface area contributed by atoms with Crippen LogP contribution in [0.3, 0.4) is 0 Å². The molecule has 0 atom stereocenters. The molecule has 0 aliphatic rings. The molecule has 1 rings (SSSR count). The second-order valence-corrected chi connectivity index (χ2v) is 5.60. The molecule has 0 saturated heterocycles. The summed E-state index contributed by atoms with van der Waals surface area (Å²) in [6.07, 6.45) is 1.09. The minimum absolute atomic E-state index is 0.0928. The smallest absolute Gasteiger partial charge is 0.224 e. The van der Waals surface area contributed by atoms with E-state index in [2.05, 4.69) is 20.0 Å². The zero-order chi connectivity index (χ0) is 13.1. The maximum Gasteiger partial charge on any atom is 0.224 e. The van der Waals surface area contributed by atoms with E-state index in [4.69, 9.17) is 17.3 Å². The molecule has 0 spiro atoms. The minimum atomic E-state index is -3.19. The number of aryl methyl sites for hydroxylation is 1. The van der Waals surface area contributed by atoms with Crippen molar-refractivity contribution in [1.29, 1.82) is 0 Å². The summed E-state index contributed by atoms with van der Waals surface area (Å²) in [6.45, 7) is 2.30. The summed E-state index contributed by atoms with van der Waals surface area (Å²) in [7, 11) is -3.19. The normalized spacial score (nSPS) is 11.5. The number of sulfonamides is 1. The van der Waals surface area contributed by atoms with E-state index in [1.165, 1.54) is 0 Å². The SMILES string of the molecule is Cc1nc(Cl)nc(NCCNS(C)(=O)=O)c1N. The van der Waals surface area contributed by atoms with Gasteiger partial charge in [0.25, 0.3) is 0 Å². The van der Waals surface area contributed by atoms with Crippen LogP contribution in [0.1, 0.15) is 5.69 Å². The highest BCUT2D eigenvalue weighted by Gasteiger charge is 2.07. The van der Waals surface area contributed by atoms with Gasteiger partial charge in [0.2, 0.25) is 15.3 Å². The molecule has 1 aromatic rings. The predicted octanol–water partition coefficient (Wildman–Crippen LogP) is -0.0183. The molecular formula is C8H14ClN5O2S. The minimum Gasteiger partial charge on any atom is -0.394 e. The van der Waals surface area contributed by atoms with Crippen LogP contribution in [-0.4, -0.2) is 37.7 Å². The van der Waals surface area contributed by atoms with Crippen molar-refractivity contribution in [2.24, 2.45) is 0 Å². The zero-order valence-electron chi connectivity index (χ0n) is 9.49. The van der Waals surface area contributed by atoms with E-state index in [1.807, 2.05) is 0 Å². The van der Waals surface area contributed by atoms with Crippen LogP contribution >= 0.6 is 11.6 Å². The van der Waals surface area contributed by atoms with E-state index in [0.717, 1.165) is 6.26 Å². The fourth-order valence-electron chi connectivity index (χ4n) is 1.10. The highest BCUT2D eigenvalue weighted by atomic mass is 35.5. The number of hydrogen-bond acceptors (Lipinski definition) is 6. The summed E-state index contributed by atoms with van der Waals surface area (Å²) in [5.74, 6) is 0.401. The summed E-state index contributed by atoms with van der Waals surface area (Å²) in [4.78, 5) is 7.79. The van der Waals surface area contributed by atoms with E-state index in [0.29, 0.717) is 23.7 Å². The van der Waals surface area contributed by atoms with E-state index in [9.17, 15) is 8.42 Å². The van der Waals surface area contributed by atoms with E-state index in [1.54, 1.807) is 6.92 Å². The van der Waals surface area contributed by atoms with E-state index in [-0.39, 0.29) is 11.8 Å². The van der Waals surface area contributed by atoms with Crippen molar-refractivity contribution >= 4 is 33.1 Å². The van der Waals surface area contributed by atoms with Gasteiger partial charge in [-0.3, -0.25) is 0 Å². The van der Waals surface area contributed by atoms with Crippen molar-refractivity contribution in [2.75, 3.05) is 30.4 Å². The van der Waals surface area contributed by atoms with Crippen molar-refractivity contribution in [1.82, 2.24) is 14.7 Å². The quantitative estimate of drug-likeness (QED) is 0.516. The molecule has 17 heavy (non-hydrogen) atoms. The van der Waals surface area contributed by atoms with Crippen LogP contribution in [0.15, 0.2) is 0 Å². The Morgan fingerprint density at radius 3 is 2.59 bits per heavy atom. The monoisotopic (exact) mass is 279 g/mol. The Balaban J connectivity index is 2.58. The Hall–Kier alpha value is -1.12. The fourth-order valence-corrected chi connectivity index (χ4v) is 1.78. The van der Waals surface area contributed by atoms with Gasteiger partial charge in [-0.05, 0) is 18.5 Å². The molecule has 0 fully saturated rings. The van der Waals surface area contributed by atoms with Crippen molar-refractivity contribution in [3.8, 4) is 0 Å². The Morgan fingerprint density at radius 2 is 2.00 bits per heavy atom. The van der Waals surface area contributed by atoms with Gasteiger partial charge in [-0.1, -0.05) is 0 Å². The summed E-state index contributed by atoms with van der Waals surface area (Å²) >= 11 is 5.68. The van der Waals surface area contributed by atoms with Gasteiger partial charge in [0.15, 0.2) is 5.82 Å². The van der Waals surface area contributed by atoms with Crippen LogP contribution in [0.4, 0.5) is 11.5 Å². The van der Waals surface area contributed by atoms with Gasteiger partial charge in [0, 0.05) is 13.1 Å². The lowest BCUT2D eigenvalue weighted by Crippen LogP contribution is -2.28. The van der Waals surface area contributed by atoms with Crippen LogP contribution in [0, 0.1) is 6.92 Å². The van der Waals surface area contributed by atoms with Gasteiger partial charge in [0.05, 0.1) is 17.6 Å². The third-order valence-corrected chi connectivity index (χ3v) is 2.79. The molecule has 0 aliphatic heterocycles. The molecule has 0 amide bonds. The van der Waals surface area contributed by atoms with E-state index < -0.39 is 10.0 Å². The summed E-state index contributed by atoms with van der Waals surface area (Å²) < 4.78 is 23.9. The van der Waals surface area contributed by atoms with Crippen molar-refractivity contribution in [2.45, 2.75) is 6.92 Å². The number of rotatable bonds is 5. The van der Waals surface area contributed by atoms with Crippen molar-refractivity contribution in [3.05, 3.63) is 11.0 Å². The van der Waals surface area contributed by atoms with Gasteiger partial charge in [-0.15, -0.1) is 0 Å². The average molecular weight is 280 g/mol. The van der Waals surface area contributed by atoms with Crippen LogP contribution in [0.2, 0.25) is 5.28 Å². The third kappa shape index (κ3) is 4.72. The molecule has 1 heterocycles.